The molecule has 1 aliphatic heterocycles. The Morgan fingerprint density at radius 1 is 1.50 bits per heavy atom. The normalized spacial score (nSPS) is 18.8. The average molecular weight is 350 g/mol. The van der Waals surface area contributed by atoms with Crippen LogP contribution in [-0.4, -0.2) is 60.6 Å². The van der Waals surface area contributed by atoms with Crippen molar-refractivity contribution < 1.29 is 0 Å². The topological polar surface area (TPSA) is 43.8 Å². The van der Waals surface area contributed by atoms with Gasteiger partial charge in [0.05, 0.1) is 6.54 Å². The molecule has 1 aromatic rings. The van der Waals surface area contributed by atoms with E-state index in [4.69, 9.17) is 4.99 Å². The Balaban J connectivity index is 2.14. The molecule has 0 radical (unpaired) electrons. The molecule has 0 aromatic carbocycles. The van der Waals surface area contributed by atoms with Crippen molar-refractivity contribution in [3.05, 3.63) is 23.9 Å². The van der Waals surface area contributed by atoms with Crippen LogP contribution in [-0.2, 0) is 6.54 Å². The second-order valence-electron chi connectivity index (χ2n) is 6.65. The summed E-state index contributed by atoms with van der Waals surface area (Å²) in [5.74, 6) is 3.88. The van der Waals surface area contributed by atoms with Gasteiger partial charge in [-0.2, -0.15) is 11.8 Å². The van der Waals surface area contributed by atoms with Crippen molar-refractivity contribution in [2.45, 2.75) is 32.6 Å². The second kappa shape index (κ2) is 9.16. The highest BCUT2D eigenvalue weighted by atomic mass is 32.2. The Kier molecular flexibility index (Phi) is 7.21. The Hall–Kier alpha value is -1.43. The zero-order valence-electron chi connectivity index (χ0n) is 15.6. The lowest BCUT2D eigenvalue weighted by Gasteiger charge is -2.36. The van der Waals surface area contributed by atoms with Gasteiger partial charge in [0.15, 0.2) is 5.96 Å². The Morgan fingerprint density at radius 3 is 2.96 bits per heavy atom. The maximum absolute atomic E-state index is 4.90. The van der Waals surface area contributed by atoms with Crippen molar-refractivity contribution in [3.63, 3.8) is 0 Å². The van der Waals surface area contributed by atoms with Crippen molar-refractivity contribution in [1.29, 1.82) is 0 Å². The molecule has 1 aliphatic rings. The molecule has 1 unspecified atom stereocenters. The Bertz CT molecular complexity index is 544. The van der Waals surface area contributed by atoms with Gasteiger partial charge in [-0.1, -0.05) is 19.9 Å². The first kappa shape index (κ1) is 18.9. The van der Waals surface area contributed by atoms with Crippen LogP contribution in [0.4, 0.5) is 5.82 Å². The molecule has 6 heteroatoms. The molecule has 0 bridgehead atoms. The molecule has 0 saturated carbocycles. The third-order valence-corrected chi connectivity index (χ3v) is 5.70. The molecule has 1 saturated heterocycles. The van der Waals surface area contributed by atoms with E-state index in [1.165, 1.54) is 5.75 Å². The van der Waals surface area contributed by atoms with Crippen LogP contribution in [0.15, 0.2) is 23.3 Å². The van der Waals surface area contributed by atoms with Gasteiger partial charge in [0.1, 0.15) is 5.82 Å². The predicted molar refractivity (Wildman–Crippen MR) is 106 cm³/mol. The first-order valence-electron chi connectivity index (χ1n) is 8.79. The SMILES string of the molecule is CCNC(=NCc1cccnc1N(C)C)N1CCSC(C(C)C)C1. The highest BCUT2D eigenvalue weighted by molar-refractivity contribution is 8.00. The van der Waals surface area contributed by atoms with Gasteiger partial charge >= 0.3 is 0 Å². The summed E-state index contributed by atoms with van der Waals surface area (Å²) in [5.41, 5.74) is 1.16. The van der Waals surface area contributed by atoms with Crippen molar-refractivity contribution in [2.75, 3.05) is 44.4 Å². The van der Waals surface area contributed by atoms with Crippen LogP contribution in [0.3, 0.4) is 0 Å². The van der Waals surface area contributed by atoms with E-state index < -0.39 is 0 Å². The van der Waals surface area contributed by atoms with Gasteiger partial charge in [-0.3, -0.25) is 0 Å². The summed E-state index contributed by atoms with van der Waals surface area (Å²) >= 11 is 2.09. The van der Waals surface area contributed by atoms with Gasteiger partial charge in [0, 0.05) is 56.5 Å². The summed E-state index contributed by atoms with van der Waals surface area (Å²) < 4.78 is 0. The molecule has 1 N–H and O–H groups in total. The van der Waals surface area contributed by atoms with Crippen LogP contribution in [0.25, 0.3) is 0 Å². The fraction of sp³-hybridized carbons (Fsp3) is 0.667. The molecule has 1 fully saturated rings. The molecule has 1 aromatic heterocycles. The summed E-state index contributed by atoms with van der Waals surface area (Å²) in [7, 11) is 4.05. The number of nitrogens with zero attached hydrogens (tertiary/aromatic N) is 4. The first-order chi connectivity index (χ1) is 11.5. The molecule has 5 nitrogen and oxygen atoms in total. The highest BCUT2D eigenvalue weighted by Crippen LogP contribution is 2.25. The van der Waals surface area contributed by atoms with E-state index in [-0.39, 0.29) is 0 Å². The fourth-order valence-electron chi connectivity index (χ4n) is 2.81. The van der Waals surface area contributed by atoms with Crippen molar-refractivity contribution in [1.82, 2.24) is 15.2 Å². The monoisotopic (exact) mass is 349 g/mol. The summed E-state index contributed by atoms with van der Waals surface area (Å²) in [6.45, 7) is 10.4. The van der Waals surface area contributed by atoms with Crippen LogP contribution >= 0.6 is 11.8 Å². The minimum Gasteiger partial charge on any atom is -0.362 e. The van der Waals surface area contributed by atoms with Crippen LogP contribution in [0.2, 0.25) is 0 Å². The molecule has 1 atom stereocenters. The summed E-state index contributed by atoms with van der Waals surface area (Å²) in [5, 5.41) is 4.14. The Morgan fingerprint density at radius 2 is 2.29 bits per heavy atom. The van der Waals surface area contributed by atoms with E-state index in [2.05, 4.69) is 53.8 Å². The third kappa shape index (κ3) is 5.03. The number of thioether (sulfide) groups is 1. The molecule has 134 valence electrons. The number of aliphatic imine (C=N–C) groups is 1. The third-order valence-electron chi connectivity index (χ3n) is 4.16. The van der Waals surface area contributed by atoms with Crippen molar-refractivity contribution in [2.24, 2.45) is 10.9 Å². The standard InChI is InChI=1S/C18H31N5S/c1-6-19-18(23-10-11-24-16(13-23)14(2)3)21-12-15-8-7-9-20-17(15)22(4)5/h7-9,14,16H,6,10-13H2,1-5H3,(H,19,21). The average Bonchev–Trinajstić information content (AvgIpc) is 2.58. The predicted octanol–water partition coefficient (Wildman–Crippen LogP) is 2.69. The van der Waals surface area contributed by atoms with Gasteiger partial charge in [-0.25, -0.2) is 9.98 Å². The summed E-state index contributed by atoms with van der Waals surface area (Å²) in [4.78, 5) is 13.8. The number of rotatable bonds is 5. The molecule has 0 spiro atoms. The molecule has 0 amide bonds. The smallest absolute Gasteiger partial charge is 0.194 e. The summed E-state index contributed by atoms with van der Waals surface area (Å²) in [6.07, 6.45) is 1.84. The van der Waals surface area contributed by atoms with Crippen LogP contribution < -0.4 is 10.2 Å². The number of aromatic nitrogens is 1. The minimum absolute atomic E-state index is 0.652. The number of pyridine rings is 1. The number of nitrogens with one attached hydrogen (secondary N) is 1. The van der Waals surface area contributed by atoms with Crippen molar-refractivity contribution in [3.8, 4) is 0 Å². The molecule has 2 heterocycles. The Labute approximate surface area is 150 Å². The van der Waals surface area contributed by atoms with Gasteiger partial charge in [0.2, 0.25) is 0 Å². The lowest BCUT2D eigenvalue weighted by Crippen LogP contribution is -2.49. The second-order valence-corrected chi connectivity index (χ2v) is 8.00. The highest BCUT2D eigenvalue weighted by Gasteiger charge is 2.24. The maximum atomic E-state index is 4.90. The molecular weight excluding hydrogens is 318 g/mol. The van der Waals surface area contributed by atoms with E-state index in [1.54, 1.807) is 0 Å². The number of hydrogen-bond acceptors (Lipinski definition) is 4. The van der Waals surface area contributed by atoms with Crippen molar-refractivity contribution >= 4 is 23.5 Å². The fourth-order valence-corrected chi connectivity index (χ4v) is 4.11. The quantitative estimate of drug-likeness (QED) is 0.654. The van der Waals surface area contributed by atoms with Gasteiger partial charge < -0.3 is 15.1 Å². The molecule has 2 rings (SSSR count). The number of guanidine groups is 1. The van der Waals surface area contributed by atoms with Gasteiger partial charge in [0.25, 0.3) is 0 Å². The molecule has 0 aliphatic carbocycles. The van der Waals surface area contributed by atoms with E-state index in [9.17, 15) is 0 Å². The lowest BCUT2D eigenvalue weighted by atomic mass is 10.1. The van der Waals surface area contributed by atoms with Crippen LogP contribution in [0.5, 0.6) is 0 Å². The number of hydrogen-bond donors (Lipinski definition) is 1. The van der Waals surface area contributed by atoms with Crippen LogP contribution in [0, 0.1) is 5.92 Å². The number of anilines is 1. The maximum Gasteiger partial charge on any atom is 0.194 e. The van der Waals surface area contributed by atoms with Crippen LogP contribution in [0.1, 0.15) is 26.3 Å². The van der Waals surface area contributed by atoms with E-state index >= 15 is 0 Å². The zero-order chi connectivity index (χ0) is 17.5. The molecular formula is C18H31N5S. The largest absolute Gasteiger partial charge is 0.362 e. The zero-order valence-corrected chi connectivity index (χ0v) is 16.4. The lowest BCUT2D eigenvalue weighted by molar-refractivity contribution is 0.381. The van der Waals surface area contributed by atoms with E-state index in [0.717, 1.165) is 37.0 Å². The van der Waals surface area contributed by atoms with E-state index in [0.29, 0.717) is 17.7 Å². The van der Waals surface area contributed by atoms with E-state index in [1.807, 2.05) is 31.3 Å². The minimum atomic E-state index is 0.652. The van der Waals surface area contributed by atoms with Gasteiger partial charge in [-0.15, -0.1) is 0 Å². The molecule has 24 heavy (non-hydrogen) atoms. The summed E-state index contributed by atoms with van der Waals surface area (Å²) in [6, 6.07) is 4.09. The van der Waals surface area contributed by atoms with Gasteiger partial charge in [-0.05, 0) is 18.9 Å². The first-order valence-corrected chi connectivity index (χ1v) is 9.83.